The van der Waals surface area contributed by atoms with Gasteiger partial charge in [-0.05, 0) is 42.0 Å². The highest BCUT2D eigenvalue weighted by Gasteiger charge is 2.11. The Morgan fingerprint density at radius 2 is 1.63 bits per heavy atom. The first-order chi connectivity index (χ1) is 9.06. The van der Waals surface area contributed by atoms with Crippen molar-refractivity contribution in [1.82, 2.24) is 0 Å². The summed E-state index contributed by atoms with van der Waals surface area (Å²) in [7, 11) is 0. The lowest BCUT2D eigenvalue weighted by atomic mass is 10.1. The quantitative estimate of drug-likeness (QED) is 0.858. The fourth-order valence-electron chi connectivity index (χ4n) is 1.52. The molecule has 0 aliphatic heterocycles. The van der Waals surface area contributed by atoms with Crippen molar-refractivity contribution < 1.29 is 18.3 Å². The Bertz CT molecular complexity index is 557. The molecule has 2 aromatic carbocycles. The van der Waals surface area contributed by atoms with Crippen LogP contribution in [0.5, 0.6) is 0 Å². The zero-order valence-corrected chi connectivity index (χ0v) is 10.6. The van der Waals surface area contributed by atoms with Crippen molar-refractivity contribution in [3.63, 3.8) is 0 Å². The van der Waals surface area contributed by atoms with Crippen molar-refractivity contribution in [2.45, 2.75) is 11.0 Å². The monoisotopic (exact) mass is 284 g/mol. The van der Waals surface area contributed by atoms with Crippen LogP contribution < -0.4 is 0 Å². The van der Waals surface area contributed by atoms with Crippen molar-refractivity contribution in [2.24, 2.45) is 0 Å². The number of halogens is 3. The van der Waals surface area contributed by atoms with Crippen LogP contribution in [0.3, 0.4) is 0 Å². The molecular formula is C14H11F3OS. The first-order valence-corrected chi connectivity index (χ1v) is 6.56. The molecule has 1 atom stereocenters. The summed E-state index contributed by atoms with van der Waals surface area (Å²) in [6.45, 7) is 0. The average Bonchev–Trinajstić information content (AvgIpc) is 2.41. The number of benzene rings is 2. The average molecular weight is 284 g/mol. The summed E-state index contributed by atoms with van der Waals surface area (Å²) >= 11 is 1.31. The lowest BCUT2D eigenvalue weighted by Gasteiger charge is -2.11. The fourth-order valence-corrected chi connectivity index (χ4v) is 2.39. The smallest absolute Gasteiger partial charge is 0.159 e. The second-order valence-corrected chi connectivity index (χ2v) is 5.05. The van der Waals surface area contributed by atoms with E-state index in [-0.39, 0.29) is 11.6 Å². The molecule has 0 aliphatic rings. The van der Waals surface area contributed by atoms with E-state index in [1.54, 1.807) is 12.1 Å². The molecule has 2 aromatic rings. The Morgan fingerprint density at radius 1 is 0.947 bits per heavy atom. The Balaban J connectivity index is 1.98. The molecule has 5 heteroatoms. The normalized spacial score (nSPS) is 12.4. The van der Waals surface area contributed by atoms with Gasteiger partial charge in [-0.3, -0.25) is 0 Å². The van der Waals surface area contributed by atoms with Gasteiger partial charge in [-0.1, -0.05) is 6.07 Å². The number of hydrogen-bond acceptors (Lipinski definition) is 2. The fraction of sp³-hybridized carbons (Fsp3) is 0.143. The van der Waals surface area contributed by atoms with Crippen LogP contribution in [-0.4, -0.2) is 10.9 Å². The van der Waals surface area contributed by atoms with Crippen LogP contribution in [0.2, 0.25) is 0 Å². The van der Waals surface area contributed by atoms with Crippen molar-refractivity contribution in [3.8, 4) is 0 Å². The van der Waals surface area contributed by atoms with Gasteiger partial charge in [0, 0.05) is 10.6 Å². The van der Waals surface area contributed by atoms with Crippen LogP contribution >= 0.6 is 11.8 Å². The van der Waals surface area contributed by atoms with Crippen LogP contribution in [0.15, 0.2) is 47.4 Å². The second kappa shape index (κ2) is 6.12. The Hall–Kier alpha value is -1.46. The van der Waals surface area contributed by atoms with Crippen LogP contribution in [-0.2, 0) is 0 Å². The molecule has 0 amide bonds. The maximum atomic E-state index is 13.0. The van der Waals surface area contributed by atoms with Gasteiger partial charge in [0.15, 0.2) is 11.6 Å². The largest absolute Gasteiger partial charge is 0.388 e. The van der Waals surface area contributed by atoms with Gasteiger partial charge < -0.3 is 5.11 Å². The van der Waals surface area contributed by atoms with E-state index in [1.165, 1.54) is 30.0 Å². The predicted molar refractivity (Wildman–Crippen MR) is 68.4 cm³/mol. The van der Waals surface area contributed by atoms with E-state index in [0.29, 0.717) is 5.56 Å². The third-order valence-electron chi connectivity index (χ3n) is 2.55. The van der Waals surface area contributed by atoms with Gasteiger partial charge in [0.1, 0.15) is 5.82 Å². The number of hydrogen-bond donors (Lipinski definition) is 1. The molecule has 1 nitrogen and oxygen atoms in total. The SMILES string of the molecule is OC(CSc1ccc(F)cc1)c1ccc(F)c(F)c1. The molecular weight excluding hydrogens is 273 g/mol. The van der Waals surface area contributed by atoms with E-state index in [4.69, 9.17) is 0 Å². The Morgan fingerprint density at radius 3 is 2.26 bits per heavy atom. The molecule has 0 heterocycles. The number of rotatable bonds is 4. The van der Waals surface area contributed by atoms with Crippen molar-refractivity contribution in [3.05, 3.63) is 65.5 Å². The third-order valence-corrected chi connectivity index (χ3v) is 3.64. The second-order valence-electron chi connectivity index (χ2n) is 3.95. The first-order valence-electron chi connectivity index (χ1n) is 5.57. The van der Waals surface area contributed by atoms with Crippen molar-refractivity contribution >= 4 is 11.8 Å². The number of aliphatic hydroxyl groups excluding tert-OH is 1. The molecule has 100 valence electrons. The minimum absolute atomic E-state index is 0.275. The van der Waals surface area contributed by atoms with Gasteiger partial charge in [-0.15, -0.1) is 11.8 Å². The molecule has 0 fully saturated rings. The Kier molecular flexibility index (Phi) is 4.50. The van der Waals surface area contributed by atoms with Gasteiger partial charge in [0.25, 0.3) is 0 Å². The third kappa shape index (κ3) is 3.75. The number of aliphatic hydroxyl groups is 1. The lowest BCUT2D eigenvalue weighted by molar-refractivity contribution is 0.203. The van der Waals surface area contributed by atoms with Gasteiger partial charge in [-0.25, -0.2) is 13.2 Å². The molecule has 0 spiro atoms. The van der Waals surface area contributed by atoms with Crippen LogP contribution in [0.4, 0.5) is 13.2 Å². The molecule has 0 aromatic heterocycles. The van der Waals surface area contributed by atoms with E-state index in [9.17, 15) is 18.3 Å². The minimum Gasteiger partial charge on any atom is -0.388 e. The predicted octanol–water partition coefficient (Wildman–Crippen LogP) is 3.93. The molecule has 19 heavy (non-hydrogen) atoms. The standard InChI is InChI=1S/C14H11F3OS/c15-10-2-4-11(5-3-10)19-8-14(18)9-1-6-12(16)13(17)7-9/h1-7,14,18H,8H2. The first kappa shape index (κ1) is 14.0. The molecule has 0 saturated carbocycles. The number of thioether (sulfide) groups is 1. The molecule has 0 radical (unpaired) electrons. The zero-order valence-electron chi connectivity index (χ0n) is 9.82. The molecule has 0 bridgehead atoms. The topological polar surface area (TPSA) is 20.2 Å². The van der Waals surface area contributed by atoms with E-state index >= 15 is 0 Å². The highest BCUT2D eigenvalue weighted by atomic mass is 32.2. The highest BCUT2D eigenvalue weighted by molar-refractivity contribution is 7.99. The van der Waals surface area contributed by atoms with Crippen LogP contribution in [0.25, 0.3) is 0 Å². The summed E-state index contributed by atoms with van der Waals surface area (Å²) < 4.78 is 38.5. The van der Waals surface area contributed by atoms with E-state index < -0.39 is 17.7 Å². The summed E-state index contributed by atoms with van der Waals surface area (Å²) in [5.74, 6) is -1.98. The maximum Gasteiger partial charge on any atom is 0.159 e. The van der Waals surface area contributed by atoms with E-state index in [1.807, 2.05) is 0 Å². The van der Waals surface area contributed by atoms with E-state index in [2.05, 4.69) is 0 Å². The van der Waals surface area contributed by atoms with Crippen molar-refractivity contribution in [1.29, 1.82) is 0 Å². The minimum atomic E-state index is -0.983. The highest BCUT2D eigenvalue weighted by Crippen LogP contribution is 2.25. The summed E-state index contributed by atoms with van der Waals surface area (Å²) in [6.07, 6.45) is -0.912. The molecule has 2 rings (SSSR count). The summed E-state index contributed by atoms with van der Waals surface area (Å²) in [5.41, 5.74) is 0.313. The van der Waals surface area contributed by atoms with Crippen molar-refractivity contribution in [2.75, 3.05) is 5.75 Å². The lowest BCUT2D eigenvalue weighted by Crippen LogP contribution is -2.01. The van der Waals surface area contributed by atoms with Crippen LogP contribution in [0.1, 0.15) is 11.7 Å². The molecule has 0 aliphatic carbocycles. The molecule has 1 unspecified atom stereocenters. The Labute approximate surface area is 113 Å². The maximum absolute atomic E-state index is 13.0. The van der Waals surface area contributed by atoms with Crippen LogP contribution in [0, 0.1) is 17.5 Å². The summed E-state index contributed by atoms with van der Waals surface area (Å²) in [4.78, 5) is 0.794. The van der Waals surface area contributed by atoms with Gasteiger partial charge in [-0.2, -0.15) is 0 Å². The van der Waals surface area contributed by atoms with Gasteiger partial charge in [0.2, 0.25) is 0 Å². The molecule has 0 saturated heterocycles. The van der Waals surface area contributed by atoms with Gasteiger partial charge >= 0.3 is 0 Å². The summed E-state index contributed by atoms with van der Waals surface area (Å²) in [6, 6.07) is 9.14. The summed E-state index contributed by atoms with van der Waals surface area (Å²) in [5, 5.41) is 9.87. The van der Waals surface area contributed by atoms with Gasteiger partial charge in [0.05, 0.1) is 6.10 Å². The zero-order chi connectivity index (χ0) is 13.8. The molecule has 1 N–H and O–H groups in total. The van der Waals surface area contributed by atoms with E-state index in [0.717, 1.165) is 17.0 Å².